The average molecular weight is 303 g/mol. The second kappa shape index (κ2) is 6.19. The van der Waals surface area contributed by atoms with Crippen LogP contribution in [0.2, 0.25) is 0 Å². The van der Waals surface area contributed by atoms with Crippen LogP contribution in [0, 0.1) is 11.3 Å². The summed E-state index contributed by atoms with van der Waals surface area (Å²) in [7, 11) is 0. The molecule has 0 radical (unpaired) electrons. The third-order valence-electron chi connectivity index (χ3n) is 3.26. The van der Waals surface area contributed by atoms with E-state index in [2.05, 4.69) is 11.4 Å². The Morgan fingerprint density at radius 2 is 1.95 bits per heavy atom. The van der Waals surface area contributed by atoms with Gasteiger partial charge in [-0.05, 0) is 31.5 Å². The molecule has 0 aromatic heterocycles. The first-order valence-corrected chi connectivity index (χ1v) is 7.80. The van der Waals surface area contributed by atoms with Gasteiger partial charge in [0, 0.05) is 18.1 Å². The van der Waals surface area contributed by atoms with Crippen molar-refractivity contribution in [3.8, 4) is 6.07 Å². The monoisotopic (exact) mass is 303 g/mol. The number of carbonyl (C=O) groups is 2. The number of nitriles is 1. The van der Waals surface area contributed by atoms with Crippen LogP contribution in [-0.2, 0) is 10.5 Å². The van der Waals surface area contributed by atoms with Crippen LogP contribution in [0.5, 0.6) is 0 Å². The van der Waals surface area contributed by atoms with Gasteiger partial charge in [0.2, 0.25) is 0 Å². The molecule has 1 saturated heterocycles. The maximum Gasteiger partial charge on any atom is 0.325 e. The Morgan fingerprint density at radius 1 is 1.29 bits per heavy atom. The summed E-state index contributed by atoms with van der Waals surface area (Å²) >= 11 is 1.65. The zero-order valence-electron chi connectivity index (χ0n) is 12.0. The van der Waals surface area contributed by atoms with Crippen molar-refractivity contribution in [3.63, 3.8) is 0 Å². The predicted molar refractivity (Wildman–Crippen MR) is 81.6 cm³/mol. The maximum atomic E-state index is 12.0. The minimum absolute atomic E-state index is 0.175. The standard InChI is InChI=1S/C15H17N3O2S/c1-15(2)13(19)18(14(20)17-15)7-8-21-10-12-5-3-11(9-16)4-6-12/h3-6H,7-8,10H2,1-2H3,(H,17,20). The number of nitrogens with one attached hydrogen (secondary N) is 1. The largest absolute Gasteiger partial charge is 0.325 e. The van der Waals surface area contributed by atoms with Gasteiger partial charge < -0.3 is 5.32 Å². The van der Waals surface area contributed by atoms with E-state index in [1.165, 1.54) is 4.90 Å². The highest BCUT2D eigenvalue weighted by atomic mass is 32.2. The van der Waals surface area contributed by atoms with E-state index in [4.69, 9.17) is 5.26 Å². The zero-order valence-corrected chi connectivity index (χ0v) is 12.9. The first-order valence-electron chi connectivity index (χ1n) is 6.65. The smallest absolute Gasteiger partial charge is 0.324 e. The number of hydrogen-bond donors (Lipinski definition) is 1. The lowest BCUT2D eigenvalue weighted by Gasteiger charge is -2.15. The number of benzene rings is 1. The van der Waals surface area contributed by atoms with Gasteiger partial charge >= 0.3 is 6.03 Å². The zero-order chi connectivity index (χ0) is 15.5. The molecule has 1 N–H and O–H groups in total. The summed E-state index contributed by atoms with van der Waals surface area (Å²) in [6.07, 6.45) is 0. The third-order valence-corrected chi connectivity index (χ3v) is 4.26. The van der Waals surface area contributed by atoms with E-state index in [1.54, 1.807) is 37.7 Å². The lowest BCUT2D eigenvalue weighted by atomic mass is 10.1. The lowest BCUT2D eigenvalue weighted by Crippen LogP contribution is -2.40. The number of urea groups is 1. The molecule has 1 aromatic carbocycles. The van der Waals surface area contributed by atoms with Gasteiger partial charge in [-0.2, -0.15) is 17.0 Å². The van der Waals surface area contributed by atoms with Crippen LogP contribution in [-0.4, -0.2) is 34.7 Å². The molecule has 5 nitrogen and oxygen atoms in total. The van der Waals surface area contributed by atoms with Gasteiger partial charge in [-0.15, -0.1) is 0 Å². The molecule has 1 aliphatic rings. The molecule has 0 atom stereocenters. The molecule has 0 saturated carbocycles. The van der Waals surface area contributed by atoms with E-state index >= 15 is 0 Å². The minimum atomic E-state index is -0.797. The highest BCUT2D eigenvalue weighted by molar-refractivity contribution is 7.98. The molecule has 1 heterocycles. The molecular weight excluding hydrogens is 286 g/mol. The van der Waals surface area contributed by atoms with Gasteiger partial charge in [-0.3, -0.25) is 9.69 Å². The molecule has 6 heteroatoms. The Bertz CT molecular complexity index is 590. The summed E-state index contributed by atoms with van der Waals surface area (Å²) in [5.74, 6) is 1.31. The molecule has 1 aromatic rings. The Kier molecular flexibility index (Phi) is 4.53. The van der Waals surface area contributed by atoms with E-state index in [0.29, 0.717) is 17.9 Å². The summed E-state index contributed by atoms with van der Waals surface area (Å²) in [6, 6.07) is 9.18. The van der Waals surface area contributed by atoms with Crippen molar-refractivity contribution in [2.75, 3.05) is 12.3 Å². The molecule has 110 valence electrons. The van der Waals surface area contributed by atoms with E-state index in [1.807, 2.05) is 12.1 Å². The number of hydrogen-bond acceptors (Lipinski definition) is 4. The average Bonchev–Trinajstić information content (AvgIpc) is 2.65. The van der Waals surface area contributed by atoms with Crippen LogP contribution in [0.1, 0.15) is 25.0 Å². The fourth-order valence-corrected chi connectivity index (χ4v) is 2.93. The van der Waals surface area contributed by atoms with E-state index in [-0.39, 0.29) is 11.9 Å². The number of amides is 3. The second-order valence-electron chi connectivity index (χ2n) is 5.37. The predicted octanol–water partition coefficient (Wildman–Crippen LogP) is 2.12. The SMILES string of the molecule is CC1(C)NC(=O)N(CCSCc2ccc(C#N)cc2)C1=O. The topological polar surface area (TPSA) is 73.2 Å². The normalized spacial score (nSPS) is 16.7. The van der Waals surface area contributed by atoms with E-state index in [9.17, 15) is 9.59 Å². The Balaban J connectivity index is 1.78. The number of imide groups is 1. The molecular formula is C15H17N3O2S. The molecule has 1 fully saturated rings. The quantitative estimate of drug-likeness (QED) is 0.668. The molecule has 0 unspecified atom stereocenters. The van der Waals surface area contributed by atoms with Crippen molar-refractivity contribution in [1.82, 2.24) is 10.2 Å². The van der Waals surface area contributed by atoms with Gasteiger partial charge in [0.1, 0.15) is 5.54 Å². The molecule has 0 bridgehead atoms. The Hall–Kier alpha value is -2.00. The third kappa shape index (κ3) is 3.56. The molecule has 1 aliphatic heterocycles. The van der Waals surface area contributed by atoms with Gasteiger partial charge in [0.15, 0.2) is 0 Å². The Morgan fingerprint density at radius 3 is 2.48 bits per heavy atom. The van der Waals surface area contributed by atoms with Crippen LogP contribution >= 0.6 is 11.8 Å². The number of thioether (sulfide) groups is 1. The highest BCUT2D eigenvalue weighted by Crippen LogP contribution is 2.18. The van der Waals surface area contributed by atoms with Crippen LogP contribution < -0.4 is 5.32 Å². The fraction of sp³-hybridized carbons (Fsp3) is 0.400. The van der Waals surface area contributed by atoms with Gasteiger partial charge in [0.25, 0.3) is 5.91 Å². The van der Waals surface area contributed by atoms with Crippen LogP contribution in [0.4, 0.5) is 4.79 Å². The van der Waals surface area contributed by atoms with Crippen molar-refractivity contribution in [2.45, 2.75) is 25.1 Å². The first kappa shape index (κ1) is 15.4. The number of rotatable bonds is 5. The van der Waals surface area contributed by atoms with Gasteiger partial charge in [-0.1, -0.05) is 12.1 Å². The molecule has 21 heavy (non-hydrogen) atoms. The van der Waals surface area contributed by atoms with Crippen molar-refractivity contribution in [3.05, 3.63) is 35.4 Å². The van der Waals surface area contributed by atoms with Gasteiger partial charge in [0.05, 0.1) is 11.6 Å². The van der Waals surface area contributed by atoms with Crippen molar-refractivity contribution >= 4 is 23.7 Å². The van der Waals surface area contributed by atoms with Crippen LogP contribution in [0.25, 0.3) is 0 Å². The molecule has 2 rings (SSSR count). The number of nitrogens with zero attached hydrogens (tertiary/aromatic N) is 2. The van der Waals surface area contributed by atoms with Crippen molar-refractivity contribution in [1.29, 1.82) is 5.26 Å². The van der Waals surface area contributed by atoms with Crippen molar-refractivity contribution < 1.29 is 9.59 Å². The van der Waals surface area contributed by atoms with Crippen LogP contribution in [0.15, 0.2) is 24.3 Å². The summed E-state index contributed by atoms with van der Waals surface area (Å²) in [5, 5.41) is 11.4. The second-order valence-corrected chi connectivity index (χ2v) is 6.48. The fourth-order valence-electron chi connectivity index (χ4n) is 2.04. The molecule has 3 amide bonds. The lowest BCUT2D eigenvalue weighted by molar-refractivity contribution is -0.130. The minimum Gasteiger partial charge on any atom is -0.324 e. The Labute approximate surface area is 128 Å². The number of carbonyl (C=O) groups excluding carboxylic acids is 2. The first-order chi connectivity index (χ1) is 9.94. The molecule has 0 aliphatic carbocycles. The summed E-state index contributed by atoms with van der Waals surface area (Å²) < 4.78 is 0. The van der Waals surface area contributed by atoms with E-state index in [0.717, 1.165) is 11.3 Å². The van der Waals surface area contributed by atoms with Crippen LogP contribution in [0.3, 0.4) is 0 Å². The molecule has 0 spiro atoms. The van der Waals surface area contributed by atoms with Crippen molar-refractivity contribution in [2.24, 2.45) is 0 Å². The van der Waals surface area contributed by atoms with E-state index < -0.39 is 5.54 Å². The maximum absolute atomic E-state index is 12.0. The summed E-state index contributed by atoms with van der Waals surface area (Å²) in [6.45, 7) is 3.82. The summed E-state index contributed by atoms with van der Waals surface area (Å²) in [4.78, 5) is 24.9. The van der Waals surface area contributed by atoms with Gasteiger partial charge in [-0.25, -0.2) is 4.79 Å². The highest BCUT2D eigenvalue weighted by Gasteiger charge is 2.43. The summed E-state index contributed by atoms with van der Waals surface area (Å²) in [5.41, 5.74) is 0.969.